The van der Waals surface area contributed by atoms with Crippen LogP contribution in [0.15, 0.2) is 12.1 Å². The lowest BCUT2D eigenvalue weighted by Crippen LogP contribution is -2.60. The molecule has 23 heavy (non-hydrogen) atoms. The maximum Gasteiger partial charge on any atom is 0.336 e. The van der Waals surface area contributed by atoms with Gasteiger partial charge in [-0.25, -0.2) is 18.1 Å². The second kappa shape index (κ2) is 6.30. The van der Waals surface area contributed by atoms with Crippen molar-refractivity contribution >= 4 is 17.0 Å². The molecule has 2 rings (SSSR count). The Morgan fingerprint density at radius 3 is 2.43 bits per heavy atom. The maximum atomic E-state index is 14.9. The molecule has 1 aliphatic heterocycles. The average molecular weight is 343 g/mol. The van der Waals surface area contributed by atoms with Crippen LogP contribution in [-0.2, 0) is 27.7 Å². The Bertz CT molecular complexity index is 650. The molecule has 1 atom stereocenters. The van der Waals surface area contributed by atoms with E-state index in [1.807, 2.05) is 20.8 Å². The third-order valence-electron chi connectivity index (χ3n) is 3.88. The number of aromatic carboxylic acids is 1. The fourth-order valence-electron chi connectivity index (χ4n) is 2.44. The summed E-state index contributed by atoms with van der Waals surface area (Å²) in [6, 6.07) is 2.86. The smallest absolute Gasteiger partial charge is 0.336 e. The molecule has 0 radical (unpaired) electrons. The second-order valence-corrected chi connectivity index (χ2v) is 8.64. The van der Waals surface area contributed by atoms with Gasteiger partial charge in [-0.2, -0.15) is 0 Å². The van der Waals surface area contributed by atoms with Crippen molar-refractivity contribution in [1.82, 2.24) is 4.72 Å². The summed E-state index contributed by atoms with van der Waals surface area (Å²) in [5, 5.41) is 9.18. The SMILES string of the molecule is CCc1c(C(=O)O)ccc(C2(NS(=O)C(C)(C)C)COC2)c1F. The number of hydrogen-bond donors (Lipinski definition) is 2. The highest BCUT2D eigenvalue weighted by molar-refractivity contribution is 7.84. The molecule has 7 heteroatoms. The van der Waals surface area contributed by atoms with E-state index in [0.29, 0.717) is 5.56 Å². The summed E-state index contributed by atoms with van der Waals surface area (Å²) in [5.41, 5.74) is -0.461. The number of carboxylic acid groups (broad SMARTS) is 1. The van der Waals surface area contributed by atoms with E-state index in [4.69, 9.17) is 4.74 Å². The van der Waals surface area contributed by atoms with E-state index in [1.165, 1.54) is 12.1 Å². The molecule has 0 aromatic heterocycles. The molecule has 1 aliphatic rings. The summed E-state index contributed by atoms with van der Waals surface area (Å²) < 4.78 is 35.0. The van der Waals surface area contributed by atoms with Gasteiger partial charge >= 0.3 is 5.97 Å². The molecule has 1 saturated heterocycles. The molecular formula is C16H22FNO4S. The Kier molecular flexibility index (Phi) is 4.94. The number of nitrogens with one attached hydrogen (secondary N) is 1. The second-order valence-electron chi connectivity index (χ2n) is 6.67. The van der Waals surface area contributed by atoms with Crippen molar-refractivity contribution < 1.29 is 23.2 Å². The average Bonchev–Trinajstić information content (AvgIpc) is 2.41. The van der Waals surface area contributed by atoms with Gasteiger partial charge in [0, 0.05) is 11.1 Å². The Hall–Kier alpha value is -1.31. The number of carboxylic acids is 1. The van der Waals surface area contributed by atoms with Crippen molar-refractivity contribution in [3.63, 3.8) is 0 Å². The fraction of sp³-hybridized carbons (Fsp3) is 0.562. The van der Waals surface area contributed by atoms with Gasteiger partial charge < -0.3 is 9.84 Å². The normalized spacial score (nSPS) is 18.3. The first kappa shape index (κ1) is 18.0. The van der Waals surface area contributed by atoms with Crippen molar-refractivity contribution in [2.75, 3.05) is 13.2 Å². The maximum absolute atomic E-state index is 14.9. The molecule has 0 bridgehead atoms. The molecule has 0 amide bonds. The van der Waals surface area contributed by atoms with Crippen LogP contribution in [0.5, 0.6) is 0 Å². The lowest BCUT2D eigenvalue weighted by Gasteiger charge is -2.43. The van der Waals surface area contributed by atoms with Gasteiger partial charge in [0.2, 0.25) is 0 Å². The Morgan fingerprint density at radius 2 is 2.04 bits per heavy atom. The van der Waals surface area contributed by atoms with Crippen LogP contribution >= 0.6 is 0 Å². The first-order valence-corrected chi connectivity index (χ1v) is 8.60. The van der Waals surface area contributed by atoms with Crippen molar-refractivity contribution in [3.8, 4) is 0 Å². The van der Waals surface area contributed by atoms with E-state index in [-0.39, 0.29) is 30.8 Å². The summed E-state index contributed by atoms with van der Waals surface area (Å²) in [4.78, 5) is 11.2. The highest BCUT2D eigenvalue weighted by Gasteiger charge is 2.45. The number of hydrogen-bond acceptors (Lipinski definition) is 3. The van der Waals surface area contributed by atoms with Crippen LogP contribution in [0.1, 0.15) is 49.2 Å². The quantitative estimate of drug-likeness (QED) is 0.861. The molecule has 0 spiro atoms. The van der Waals surface area contributed by atoms with Gasteiger partial charge in [-0.05, 0) is 33.3 Å². The Balaban J connectivity index is 2.47. The van der Waals surface area contributed by atoms with Crippen LogP contribution < -0.4 is 4.72 Å². The fourth-order valence-corrected chi connectivity index (χ4v) is 3.33. The first-order chi connectivity index (χ1) is 10.6. The topological polar surface area (TPSA) is 75.6 Å². The summed E-state index contributed by atoms with van der Waals surface area (Å²) in [6.07, 6.45) is 0.264. The standard InChI is InChI=1S/C16H22FNO4S/c1-5-10-11(14(19)20)6-7-12(13(10)17)16(8-22-9-16)18-23(21)15(2,3)4/h6-7,18H,5,8-9H2,1-4H3,(H,19,20). The van der Waals surface area contributed by atoms with Crippen LogP contribution in [0.4, 0.5) is 4.39 Å². The van der Waals surface area contributed by atoms with Crippen LogP contribution in [0.25, 0.3) is 0 Å². The van der Waals surface area contributed by atoms with Gasteiger partial charge in [0.05, 0.1) is 34.5 Å². The number of halogens is 1. The van der Waals surface area contributed by atoms with E-state index >= 15 is 0 Å². The minimum absolute atomic E-state index is 0.0407. The van der Waals surface area contributed by atoms with E-state index in [9.17, 15) is 18.5 Å². The molecule has 0 aliphatic carbocycles. The molecule has 1 unspecified atom stereocenters. The molecular weight excluding hydrogens is 321 g/mol. The molecule has 5 nitrogen and oxygen atoms in total. The number of rotatable bonds is 5. The first-order valence-electron chi connectivity index (χ1n) is 7.45. The van der Waals surface area contributed by atoms with Crippen molar-refractivity contribution in [1.29, 1.82) is 0 Å². The van der Waals surface area contributed by atoms with E-state index in [1.54, 1.807) is 6.92 Å². The summed E-state index contributed by atoms with van der Waals surface area (Å²) in [7, 11) is -1.40. The summed E-state index contributed by atoms with van der Waals surface area (Å²) >= 11 is 0. The van der Waals surface area contributed by atoms with E-state index in [0.717, 1.165) is 0 Å². The highest BCUT2D eigenvalue weighted by Crippen LogP contribution is 2.35. The number of ether oxygens (including phenoxy) is 1. The molecule has 2 N–H and O–H groups in total. The van der Waals surface area contributed by atoms with E-state index < -0.39 is 33.1 Å². The highest BCUT2D eigenvalue weighted by atomic mass is 32.2. The molecule has 1 fully saturated rings. The lowest BCUT2D eigenvalue weighted by atomic mass is 9.86. The van der Waals surface area contributed by atoms with Gasteiger partial charge in [0.1, 0.15) is 11.4 Å². The van der Waals surface area contributed by atoms with Gasteiger partial charge in [-0.3, -0.25) is 0 Å². The summed E-state index contributed by atoms with van der Waals surface area (Å²) in [5.74, 6) is -1.72. The largest absolute Gasteiger partial charge is 0.478 e. The van der Waals surface area contributed by atoms with Gasteiger partial charge in [-0.1, -0.05) is 13.0 Å². The van der Waals surface area contributed by atoms with Crippen LogP contribution in [-0.4, -0.2) is 33.2 Å². The molecule has 1 aromatic carbocycles. The minimum Gasteiger partial charge on any atom is -0.478 e. The molecule has 0 saturated carbocycles. The zero-order valence-corrected chi connectivity index (χ0v) is 14.6. The number of benzene rings is 1. The predicted molar refractivity (Wildman–Crippen MR) is 86.3 cm³/mol. The van der Waals surface area contributed by atoms with Crippen LogP contribution in [0, 0.1) is 5.82 Å². The summed E-state index contributed by atoms with van der Waals surface area (Å²) in [6.45, 7) is 7.57. The van der Waals surface area contributed by atoms with Crippen LogP contribution in [0.2, 0.25) is 0 Å². The van der Waals surface area contributed by atoms with Gasteiger partial charge in [-0.15, -0.1) is 0 Å². The van der Waals surface area contributed by atoms with E-state index in [2.05, 4.69) is 4.72 Å². The van der Waals surface area contributed by atoms with Crippen LogP contribution in [0.3, 0.4) is 0 Å². The monoisotopic (exact) mass is 343 g/mol. The molecule has 128 valence electrons. The Morgan fingerprint density at radius 1 is 1.43 bits per heavy atom. The zero-order valence-electron chi connectivity index (χ0n) is 13.7. The minimum atomic E-state index is -1.40. The van der Waals surface area contributed by atoms with Gasteiger partial charge in [0.15, 0.2) is 0 Å². The van der Waals surface area contributed by atoms with Gasteiger partial charge in [0.25, 0.3) is 0 Å². The van der Waals surface area contributed by atoms with Crippen molar-refractivity contribution in [2.45, 2.75) is 44.4 Å². The predicted octanol–water partition coefficient (Wildman–Crippen LogP) is 2.36. The Labute approximate surface area is 137 Å². The lowest BCUT2D eigenvalue weighted by molar-refractivity contribution is -0.0676. The molecule has 1 heterocycles. The zero-order chi connectivity index (χ0) is 17.4. The third kappa shape index (κ3) is 3.32. The van der Waals surface area contributed by atoms with Crippen molar-refractivity contribution in [2.24, 2.45) is 0 Å². The molecule has 1 aromatic rings. The number of carbonyl (C=O) groups is 1. The van der Waals surface area contributed by atoms with Crippen molar-refractivity contribution in [3.05, 3.63) is 34.6 Å². The third-order valence-corrected chi connectivity index (χ3v) is 5.57.